The Morgan fingerprint density at radius 3 is 2.73 bits per heavy atom. The second-order valence-corrected chi connectivity index (χ2v) is 8.39. The lowest BCUT2D eigenvalue weighted by molar-refractivity contribution is 0.0688. The molecule has 0 bridgehead atoms. The van der Waals surface area contributed by atoms with E-state index in [0.29, 0.717) is 41.4 Å². The molecule has 0 radical (unpaired) electrons. The summed E-state index contributed by atoms with van der Waals surface area (Å²) in [6, 6.07) is 8.01. The van der Waals surface area contributed by atoms with Crippen LogP contribution in [0.3, 0.4) is 0 Å². The van der Waals surface area contributed by atoms with Crippen molar-refractivity contribution in [1.82, 2.24) is 20.6 Å². The van der Waals surface area contributed by atoms with Crippen molar-refractivity contribution in [2.45, 2.75) is 38.1 Å². The fraction of sp³-hybridized carbons (Fsp3) is 0.476. The van der Waals surface area contributed by atoms with E-state index >= 15 is 0 Å². The fourth-order valence-corrected chi connectivity index (χ4v) is 3.90. The van der Waals surface area contributed by atoms with Gasteiger partial charge in [0.1, 0.15) is 18.0 Å². The third-order valence-electron chi connectivity index (χ3n) is 5.13. The maximum absolute atomic E-state index is 13.5. The van der Waals surface area contributed by atoms with Crippen LogP contribution in [0.4, 0.5) is 10.3 Å². The van der Waals surface area contributed by atoms with Gasteiger partial charge >= 0.3 is 0 Å². The number of rotatable bonds is 6. The standard InChI is InChI=1S/C21H26FN5O2S/c1-12(2)9-24-21(30)27-17-11-29-18-16(10-28-19(17)18)26-20-23-7-6-15(25-20)13-4-3-5-14(22)8-13/h3-8,12,16-19H,9-11H2,1-2H3,(H,23,25,26)(H2,24,27,30)/t16-,17-,18+,19+/m0/s1. The van der Waals surface area contributed by atoms with Crippen LogP contribution in [-0.4, -0.2) is 59.1 Å². The number of ether oxygens (including phenoxy) is 2. The Hall–Kier alpha value is -2.36. The molecule has 7 nitrogen and oxygen atoms in total. The van der Waals surface area contributed by atoms with E-state index in [1.165, 1.54) is 12.1 Å². The molecule has 2 aliphatic heterocycles. The van der Waals surface area contributed by atoms with E-state index in [-0.39, 0.29) is 30.1 Å². The van der Waals surface area contributed by atoms with Crippen LogP contribution in [0, 0.1) is 11.7 Å². The second kappa shape index (κ2) is 9.20. The highest BCUT2D eigenvalue weighted by Crippen LogP contribution is 2.29. The van der Waals surface area contributed by atoms with Crippen molar-refractivity contribution < 1.29 is 13.9 Å². The molecule has 1 aromatic carbocycles. The number of halogens is 1. The third kappa shape index (κ3) is 4.85. The molecule has 2 fully saturated rings. The summed E-state index contributed by atoms with van der Waals surface area (Å²) in [5, 5.41) is 10.4. The van der Waals surface area contributed by atoms with Crippen molar-refractivity contribution in [3.63, 3.8) is 0 Å². The predicted octanol–water partition coefficient (Wildman–Crippen LogP) is 2.35. The van der Waals surface area contributed by atoms with Crippen molar-refractivity contribution in [3.05, 3.63) is 42.3 Å². The molecular formula is C21H26FN5O2S. The maximum atomic E-state index is 13.5. The first-order valence-electron chi connectivity index (χ1n) is 10.1. The van der Waals surface area contributed by atoms with Crippen molar-refractivity contribution >= 4 is 23.3 Å². The molecule has 2 aliphatic rings. The van der Waals surface area contributed by atoms with Gasteiger partial charge in [-0.2, -0.15) is 0 Å². The molecule has 9 heteroatoms. The summed E-state index contributed by atoms with van der Waals surface area (Å²) in [4.78, 5) is 8.82. The zero-order chi connectivity index (χ0) is 21.1. The summed E-state index contributed by atoms with van der Waals surface area (Å²) in [5.74, 6) is 0.670. The summed E-state index contributed by atoms with van der Waals surface area (Å²) < 4.78 is 25.5. The first-order valence-corrected chi connectivity index (χ1v) is 10.5. The second-order valence-electron chi connectivity index (χ2n) is 7.98. The molecule has 0 unspecified atom stereocenters. The topological polar surface area (TPSA) is 80.3 Å². The average molecular weight is 432 g/mol. The summed E-state index contributed by atoms with van der Waals surface area (Å²) >= 11 is 5.38. The van der Waals surface area contributed by atoms with Crippen LogP contribution in [0.25, 0.3) is 11.3 Å². The highest BCUT2D eigenvalue weighted by atomic mass is 32.1. The van der Waals surface area contributed by atoms with Crippen LogP contribution in [0.5, 0.6) is 0 Å². The largest absolute Gasteiger partial charge is 0.371 e. The zero-order valence-electron chi connectivity index (χ0n) is 17.0. The molecular weight excluding hydrogens is 405 g/mol. The van der Waals surface area contributed by atoms with Gasteiger partial charge in [-0.25, -0.2) is 14.4 Å². The number of aromatic nitrogens is 2. The number of thiocarbonyl (C=S) groups is 1. The molecule has 160 valence electrons. The van der Waals surface area contributed by atoms with Crippen molar-refractivity contribution in [2.24, 2.45) is 5.92 Å². The number of fused-ring (bicyclic) bond motifs is 1. The van der Waals surface area contributed by atoms with Crippen LogP contribution >= 0.6 is 12.2 Å². The van der Waals surface area contributed by atoms with E-state index in [0.717, 1.165) is 6.54 Å². The van der Waals surface area contributed by atoms with Gasteiger partial charge in [0.25, 0.3) is 0 Å². The van der Waals surface area contributed by atoms with E-state index in [9.17, 15) is 4.39 Å². The molecule has 30 heavy (non-hydrogen) atoms. The summed E-state index contributed by atoms with van der Waals surface area (Å²) in [6.07, 6.45) is 1.42. The van der Waals surface area contributed by atoms with Gasteiger partial charge in [-0.15, -0.1) is 0 Å². The molecule has 3 heterocycles. The Balaban J connectivity index is 1.37. The molecule has 2 saturated heterocycles. The van der Waals surface area contributed by atoms with Gasteiger partial charge in [0, 0.05) is 18.3 Å². The molecule has 0 saturated carbocycles. The Kier molecular flexibility index (Phi) is 6.40. The van der Waals surface area contributed by atoms with Crippen molar-refractivity contribution in [2.75, 3.05) is 25.1 Å². The Bertz CT molecular complexity index is 899. The molecule has 0 amide bonds. The number of benzene rings is 1. The normalized spacial score (nSPS) is 25.2. The van der Waals surface area contributed by atoms with Gasteiger partial charge in [-0.05, 0) is 36.3 Å². The summed E-state index contributed by atoms with van der Waals surface area (Å²) in [6.45, 7) is 6.07. The van der Waals surface area contributed by atoms with Crippen molar-refractivity contribution in [3.8, 4) is 11.3 Å². The van der Waals surface area contributed by atoms with Gasteiger partial charge in [-0.3, -0.25) is 0 Å². The number of nitrogens with zero attached hydrogens (tertiary/aromatic N) is 2. The van der Waals surface area contributed by atoms with Crippen LogP contribution < -0.4 is 16.0 Å². The minimum absolute atomic E-state index is 0.00601. The summed E-state index contributed by atoms with van der Waals surface area (Å²) in [7, 11) is 0. The third-order valence-corrected chi connectivity index (χ3v) is 5.39. The van der Waals surface area contributed by atoms with Crippen LogP contribution in [0.2, 0.25) is 0 Å². The van der Waals surface area contributed by atoms with E-state index in [1.807, 2.05) is 6.07 Å². The van der Waals surface area contributed by atoms with Gasteiger partial charge in [-0.1, -0.05) is 26.0 Å². The maximum Gasteiger partial charge on any atom is 0.223 e. The van der Waals surface area contributed by atoms with Crippen LogP contribution in [0.15, 0.2) is 36.5 Å². The Labute approximate surface area is 180 Å². The lowest BCUT2D eigenvalue weighted by Crippen LogP contribution is -2.49. The molecule has 0 aliphatic carbocycles. The van der Waals surface area contributed by atoms with E-state index < -0.39 is 0 Å². The highest BCUT2D eigenvalue weighted by Gasteiger charge is 2.48. The number of anilines is 1. The summed E-state index contributed by atoms with van der Waals surface area (Å²) in [5.41, 5.74) is 1.35. The van der Waals surface area contributed by atoms with Gasteiger partial charge in [0.2, 0.25) is 5.95 Å². The molecule has 3 N–H and O–H groups in total. The smallest absolute Gasteiger partial charge is 0.223 e. The monoisotopic (exact) mass is 431 g/mol. The molecule has 4 rings (SSSR count). The van der Waals surface area contributed by atoms with Gasteiger partial charge in [0.05, 0.1) is 31.0 Å². The molecule has 0 spiro atoms. The Morgan fingerprint density at radius 2 is 1.97 bits per heavy atom. The first-order chi connectivity index (χ1) is 14.5. The van der Waals surface area contributed by atoms with E-state index in [2.05, 4.69) is 39.8 Å². The van der Waals surface area contributed by atoms with E-state index in [4.69, 9.17) is 21.7 Å². The van der Waals surface area contributed by atoms with E-state index in [1.54, 1.807) is 18.3 Å². The molecule has 4 atom stereocenters. The minimum Gasteiger partial charge on any atom is -0.371 e. The van der Waals surface area contributed by atoms with Crippen LogP contribution in [0.1, 0.15) is 13.8 Å². The van der Waals surface area contributed by atoms with Gasteiger partial charge < -0.3 is 25.4 Å². The predicted molar refractivity (Wildman–Crippen MR) is 117 cm³/mol. The SMILES string of the molecule is CC(C)CNC(=S)N[C@H]1CO[C@H]2[C@@H]1OC[C@@H]2Nc1nccc(-c2cccc(F)c2)n1. The number of hydrogen-bond donors (Lipinski definition) is 3. The lowest BCUT2D eigenvalue weighted by atomic mass is 10.1. The molecule has 2 aromatic rings. The Morgan fingerprint density at radius 1 is 1.20 bits per heavy atom. The average Bonchev–Trinajstić information content (AvgIpc) is 3.30. The highest BCUT2D eigenvalue weighted by molar-refractivity contribution is 7.80. The minimum atomic E-state index is -0.300. The first kappa shape index (κ1) is 20.9. The fourth-order valence-electron chi connectivity index (χ4n) is 3.67. The van der Waals surface area contributed by atoms with Crippen molar-refractivity contribution in [1.29, 1.82) is 0 Å². The number of nitrogens with one attached hydrogen (secondary N) is 3. The molecule has 1 aromatic heterocycles. The lowest BCUT2D eigenvalue weighted by Gasteiger charge is -2.20. The quantitative estimate of drug-likeness (QED) is 0.602. The van der Waals surface area contributed by atoms with Crippen LogP contribution in [-0.2, 0) is 9.47 Å². The zero-order valence-corrected chi connectivity index (χ0v) is 17.8. The number of hydrogen-bond acceptors (Lipinski definition) is 6. The van der Waals surface area contributed by atoms with Gasteiger partial charge in [0.15, 0.2) is 5.11 Å².